The number of hydrogen-bond donors (Lipinski definition) is 0. The summed E-state index contributed by atoms with van der Waals surface area (Å²) in [5.74, 6) is -0.303. The molecule has 2 aromatic rings. The molecule has 0 spiro atoms. The minimum Gasteiger partial charge on any atom is -0.378 e. The molecule has 0 amide bonds. The number of allylic oxidation sites excluding steroid dienone is 1. The monoisotopic (exact) mass is 280 g/mol. The van der Waals surface area contributed by atoms with Crippen LogP contribution >= 0.6 is 0 Å². The molecule has 0 saturated heterocycles. The van der Waals surface area contributed by atoms with E-state index in [-0.39, 0.29) is 5.82 Å². The normalized spacial score (nSPS) is 11.1. The Morgan fingerprint density at radius 3 is 2.33 bits per heavy atom. The van der Waals surface area contributed by atoms with Crippen molar-refractivity contribution in [3.63, 3.8) is 0 Å². The maximum absolute atomic E-state index is 13.0. The van der Waals surface area contributed by atoms with Crippen molar-refractivity contribution >= 4 is 17.3 Å². The van der Waals surface area contributed by atoms with E-state index in [9.17, 15) is 9.65 Å². The van der Waals surface area contributed by atoms with Gasteiger partial charge in [-0.15, -0.1) is 0 Å². The molecule has 0 bridgehead atoms. The Labute approximate surface area is 124 Å². The molecule has 106 valence electrons. The molecule has 0 heterocycles. The van der Waals surface area contributed by atoms with Crippen molar-refractivity contribution in [2.75, 3.05) is 19.0 Å². The topological polar surface area (TPSA) is 27.0 Å². The maximum atomic E-state index is 13.0. The van der Waals surface area contributed by atoms with Crippen LogP contribution in [-0.2, 0) is 0 Å². The van der Waals surface area contributed by atoms with Gasteiger partial charge in [0.1, 0.15) is 5.82 Å². The van der Waals surface area contributed by atoms with Crippen molar-refractivity contribution in [3.05, 3.63) is 65.0 Å². The van der Waals surface area contributed by atoms with Gasteiger partial charge < -0.3 is 4.90 Å². The minimum atomic E-state index is -0.303. The van der Waals surface area contributed by atoms with Gasteiger partial charge in [-0.3, -0.25) is 0 Å². The molecule has 0 radical (unpaired) electrons. The number of nitrogens with zero attached hydrogens (tertiary/aromatic N) is 2. The lowest BCUT2D eigenvalue weighted by atomic mass is 10.0. The van der Waals surface area contributed by atoms with Crippen LogP contribution in [0.3, 0.4) is 0 Å². The van der Waals surface area contributed by atoms with E-state index in [1.165, 1.54) is 12.1 Å². The Kier molecular flexibility index (Phi) is 4.39. The predicted octanol–water partition coefficient (Wildman–Crippen LogP) is 4.26. The summed E-state index contributed by atoms with van der Waals surface area (Å²) in [7, 11) is 3.98. The zero-order valence-electron chi connectivity index (χ0n) is 12.4. The smallest absolute Gasteiger partial charge is 0.123 e. The summed E-state index contributed by atoms with van der Waals surface area (Å²) in [6.07, 6.45) is 1.84. The van der Waals surface area contributed by atoms with E-state index in [0.717, 1.165) is 22.4 Å². The molecular weight excluding hydrogens is 263 g/mol. The molecule has 0 unspecified atom stereocenters. The number of rotatable bonds is 3. The first-order valence-corrected chi connectivity index (χ1v) is 6.67. The Morgan fingerprint density at radius 1 is 1.14 bits per heavy atom. The largest absolute Gasteiger partial charge is 0.378 e. The molecule has 2 rings (SSSR count). The van der Waals surface area contributed by atoms with Crippen LogP contribution in [-0.4, -0.2) is 14.1 Å². The van der Waals surface area contributed by atoms with E-state index in [1.54, 1.807) is 12.1 Å². The molecule has 21 heavy (non-hydrogen) atoms. The Morgan fingerprint density at radius 2 is 1.81 bits per heavy atom. The van der Waals surface area contributed by atoms with Crippen molar-refractivity contribution in [1.29, 1.82) is 5.26 Å². The molecular formula is C18H17FN2. The van der Waals surface area contributed by atoms with Gasteiger partial charge in [-0.05, 0) is 54.0 Å². The highest BCUT2D eigenvalue weighted by Gasteiger charge is 2.04. The lowest BCUT2D eigenvalue weighted by molar-refractivity contribution is 0.627. The lowest BCUT2D eigenvalue weighted by Crippen LogP contribution is -2.08. The number of anilines is 1. The van der Waals surface area contributed by atoms with E-state index in [4.69, 9.17) is 0 Å². The first-order chi connectivity index (χ1) is 10.0. The summed E-state index contributed by atoms with van der Waals surface area (Å²) in [4.78, 5) is 2.03. The molecule has 0 aromatic heterocycles. The van der Waals surface area contributed by atoms with Gasteiger partial charge in [0.05, 0.1) is 11.6 Å². The molecule has 0 aliphatic carbocycles. The van der Waals surface area contributed by atoms with Crippen LogP contribution in [0.2, 0.25) is 0 Å². The zero-order valence-corrected chi connectivity index (χ0v) is 12.4. The third kappa shape index (κ3) is 3.49. The summed E-state index contributed by atoms with van der Waals surface area (Å²) in [6.45, 7) is 2.01. The fraction of sp³-hybridized carbons (Fsp3) is 0.167. The van der Waals surface area contributed by atoms with E-state index in [2.05, 4.69) is 12.1 Å². The first-order valence-electron chi connectivity index (χ1n) is 6.67. The van der Waals surface area contributed by atoms with Crippen LogP contribution in [0, 0.1) is 24.1 Å². The third-order valence-corrected chi connectivity index (χ3v) is 3.35. The van der Waals surface area contributed by atoms with Gasteiger partial charge in [-0.25, -0.2) is 4.39 Å². The minimum absolute atomic E-state index is 0.303. The molecule has 2 aromatic carbocycles. The van der Waals surface area contributed by atoms with Crippen molar-refractivity contribution in [3.8, 4) is 6.07 Å². The van der Waals surface area contributed by atoms with Gasteiger partial charge >= 0.3 is 0 Å². The highest BCUT2D eigenvalue weighted by molar-refractivity contribution is 5.90. The first kappa shape index (κ1) is 14.8. The van der Waals surface area contributed by atoms with Gasteiger partial charge in [0.15, 0.2) is 0 Å². The van der Waals surface area contributed by atoms with Crippen LogP contribution in [0.4, 0.5) is 10.1 Å². The van der Waals surface area contributed by atoms with Crippen LogP contribution < -0.4 is 4.90 Å². The van der Waals surface area contributed by atoms with E-state index in [1.807, 2.05) is 44.1 Å². The third-order valence-electron chi connectivity index (χ3n) is 3.35. The summed E-state index contributed by atoms with van der Waals surface area (Å²) < 4.78 is 13.0. The summed E-state index contributed by atoms with van der Waals surface area (Å²) in [5, 5.41) is 9.32. The second-order valence-corrected chi connectivity index (χ2v) is 5.11. The van der Waals surface area contributed by atoms with Gasteiger partial charge in [0.2, 0.25) is 0 Å². The van der Waals surface area contributed by atoms with Crippen LogP contribution in [0.25, 0.3) is 11.6 Å². The molecule has 2 nitrogen and oxygen atoms in total. The predicted molar refractivity (Wildman–Crippen MR) is 85.4 cm³/mol. The van der Waals surface area contributed by atoms with Gasteiger partial charge in [-0.2, -0.15) is 5.26 Å². The van der Waals surface area contributed by atoms with E-state index in [0.29, 0.717) is 5.57 Å². The van der Waals surface area contributed by atoms with Crippen molar-refractivity contribution in [2.24, 2.45) is 0 Å². The second-order valence-electron chi connectivity index (χ2n) is 5.11. The molecule has 0 saturated carbocycles. The van der Waals surface area contributed by atoms with Crippen molar-refractivity contribution < 1.29 is 4.39 Å². The number of hydrogen-bond acceptors (Lipinski definition) is 2. The Balaban J connectivity index is 2.41. The zero-order chi connectivity index (χ0) is 15.4. The van der Waals surface area contributed by atoms with Crippen LogP contribution in [0.1, 0.15) is 16.7 Å². The van der Waals surface area contributed by atoms with Crippen LogP contribution in [0.15, 0.2) is 42.5 Å². The molecule has 0 aliphatic heterocycles. The average molecular weight is 280 g/mol. The quantitative estimate of drug-likeness (QED) is 0.620. The second kappa shape index (κ2) is 6.23. The van der Waals surface area contributed by atoms with Crippen molar-refractivity contribution in [1.82, 2.24) is 0 Å². The average Bonchev–Trinajstić information content (AvgIpc) is 2.47. The number of halogens is 1. The lowest BCUT2D eigenvalue weighted by Gasteiger charge is -2.14. The van der Waals surface area contributed by atoms with Gasteiger partial charge in [0.25, 0.3) is 0 Å². The Bertz CT molecular complexity index is 707. The van der Waals surface area contributed by atoms with Crippen LogP contribution in [0.5, 0.6) is 0 Å². The van der Waals surface area contributed by atoms with Gasteiger partial charge in [0, 0.05) is 19.8 Å². The highest BCUT2D eigenvalue weighted by atomic mass is 19.1. The number of benzene rings is 2. The summed E-state index contributed by atoms with van der Waals surface area (Å²) in [6, 6.07) is 14.2. The molecule has 3 heteroatoms. The standard InChI is InChI=1S/C18H17FN2/c1-13-10-18(21(2)3)9-6-15(13)11-16(12-20)14-4-7-17(19)8-5-14/h4-11H,1-3H3/b16-11+. The molecule has 0 aliphatic rings. The SMILES string of the molecule is Cc1cc(N(C)C)ccc1/C=C(\C#N)c1ccc(F)cc1. The number of nitriles is 1. The summed E-state index contributed by atoms with van der Waals surface area (Å²) in [5.41, 5.74) is 4.44. The molecule has 0 fully saturated rings. The fourth-order valence-electron chi connectivity index (χ4n) is 2.07. The fourth-order valence-corrected chi connectivity index (χ4v) is 2.07. The van der Waals surface area contributed by atoms with E-state index >= 15 is 0 Å². The summed E-state index contributed by atoms with van der Waals surface area (Å²) >= 11 is 0. The van der Waals surface area contributed by atoms with Crippen molar-refractivity contribution in [2.45, 2.75) is 6.92 Å². The van der Waals surface area contributed by atoms with Gasteiger partial charge in [-0.1, -0.05) is 18.2 Å². The van der Waals surface area contributed by atoms with E-state index < -0.39 is 0 Å². The molecule has 0 N–H and O–H groups in total. The maximum Gasteiger partial charge on any atom is 0.123 e. The molecule has 0 atom stereocenters. The number of aryl methyl sites for hydroxylation is 1. The highest BCUT2D eigenvalue weighted by Crippen LogP contribution is 2.23. The Hall–Kier alpha value is -2.60.